The SMILES string of the molecule is C=CC(=O)Nc1cc(Nc2nc(CN(C)CCN(C)c3cc(OC)c(Nc4ncc(Cl)c(-c5ccc6c(ccn6C)c5)n4)cc3NC(=O)C=C)cc(-c3cnc4c(ccn4C)c3)n2)c(OC)cc1N(C)CCN(C)CC. The van der Waals surface area contributed by atoms with E-state index in [-0.39, 0.29) is 17.8 Å². The molecule has 4 N–H and O–H groups in total. The number of benzene rings is 3. The van der Waals surface area contributed by atoms with Crippen molar-refractivity contribution in [3.05, 3.63) is 128 Å². The molecule has 394 valence electrons. The Hall–Kier alpha value is -8.52. The Bertz CT molecular complexity index is 3450. The molecule has 5 heterocycles. The van der Waals surface area contributed by atoms with Crippen LogP contribution in [-0.2, 0) is 30.2 Å². The number of hydrogen-bond donors (Lipinski definition) is 4. The van der Waals surface area contributed by atoms with Crippen molar-refractivity contribution in [1.29, 1.82) is 0 Å². The van der Waals surface area contributed by atoms with Gasteiger partial charge in [-0.05, 0) is 81.3 Å². The highest BCUT2D eigenvalue weighted by Crippen LogP contribution is 2.40. The van der Waals surface area contributed by atoms with Crippen LogP contribution >= 0.6 is 11.6 Å². The van der Waals surface area contributed by atoms with E-state index in [1.54, 1.807) is 26.5 Å². The Morgan fingerprint density at radius 3 is 1.87 bits per heavy atom. The average Bonchev–Trinajstić information content (AvgIpc) is 3.99. The van der Waals surface area contributed by atoms with Crippen molar-refractivity contribution in [2.45, 2.75) is 13.5 Å². The average molecular weight is 1050 g/mol. The number of anilines is 8. The lowest BCUT2D eigenvalue weighted by Crippen LogP contribution is -2.31. The maximum Gasteiger partial charge on any atom is 0.247 e. The largest absolute Gasteiger partial charge is 0.494 e. The van der Waals surface area contributed by atoms with E-state index in [0.717, 1.165) is 57.5 Å². The molecule has 0 bridgehead atoms. The summed E-state index contributed by atoms with van der Waals surface area (Å²) in [5, 5.41) is 15.1. The van der Waals surface area contributed by atoms with Gasteiger partial charge in [0.2, 0.25) is 23.7 Å². The number of carbonyl (C=O) groups excluding carboxylic acids is 2. The number of nitrogens with one attached hydrogen (secondary N) is 4. The lowest BCUT2D eigenvalue weighted by atomic mass is 10.1. The van der Waals surface area contributed by atoms with Gasteiger partial charge in [0.1, 0.15) is 17.1 Å². The molecule has 0 aliphatic carbocycles. The summed E-state index contributed by atoms with van der Waals surface area (Å²) in [4.78, 5) is 58.3. The molecule has 76 heavy (non-hydrogen) atoms. The summed E-state index contributed by atoms with van der Waals surface area (Å²) in [6.07, 6.45) is 9.80. The fraction of sp³-hybridized carbons (Fsp3) is 0.268. The van der Waals surface area contributed by atoms with Crippen molar-refractivity contribution in [2.75, 3.05) is 106 Å². The molecular weight excluding hydrogens is 982 g/mol. The molecule has 8 aromatic rings. The summed E-state index contributed by atoms with van der Waals surface area (Å²) in [5.41, 5.74) is 9.12. The number of likely N-dealkylation sites (N-methyl/N-ethyl adjacent to an activating group) is 4. The molecule has 0 saturated carbocycles. The number of amides is 2. The second kappa shape index (κ2) is 23.8. The van der Waals surface area contributed by atoms with Crippen LogP contribution in [0.3, 0.4) is 0 Å². The van der Waals surface area contributed by atoms with Crippen LogP contribution < -0.4 is 40.5 Å². The van der Waals surface area contributed by atoms with Gasteiger partial charge in [0, 0.05) is 119 Å². The van der Waals surface area contributed by atoms with E-state index >= 15 is 0 Å². The predicted octanol–water partition coefficient (Wildman–Crippen LogP) is 9.34. The summed E-state index contributed by atoms with van der Waals surface area (Å²) in [5.74, 6) is 0.876. The lowest BCUT2D eigenvalue weighted by Gasteiger charge is -2.27. The Morgan fingerprint density at radius 1 is 0.658 bits per heavy atom. The van der Waals surface area contributed by atoms with Gasteiger partial charge in [-0.3, -0.25) is 14.5 Å². The first-order valence-electron chi connectivity index (χ1n) is 24.6. The zero-order chi connectivity index (χ0) is 54.2. The van der Waals surface area contributed by atoms with Crippen molar-refractivity contribution >= 4 is 91.4 Å². The first-order chi connectivity index (χ1) is 36.6. The van der Waals surface area contributed by atoms with E-state index in [9.17, 15) is 9.59 Å². The third-order valence-corrected chi connectivity index (χ3v) is 13.4. The van der Waals surface area contributed by atoms with Crippen LogP contribution in [0.15, 0.2) is 117 Å². The van der Waals surface area contributed by atoms with Gasteiger partial charge in [0.25, 0.3) is 0 Å². The van der Waals surface area contributed by atoms with Crippen molar-refractivity contribution in [3.63, 3.8) is 0 Å². The van der Waals surface area contributed by atoms with Gasteiger partial charge in [-0.1, -0.05) is 37.7 Å². The highest BCUT2D eigenvalue weighted by atomic mass is 35.5. The maximum absolute atomic E-state index is 12.9. The number of carbonyl (C=O) groups is 2. The number of nitrogens with zero attached hydrogens (tertiary/aromatic N) is 11. The minimum atomic E-state index is -0.385. The smallest absolute Gasteiger partial charge is 0.247 e. The number of aromatic nitrogens is 7. The maximum atomic E-state index is 12.9. The topological polar surface area (TPSA) is 188 Å². The van der Waals surface area contributed by atoms with E-state index in [4.69, 9.17) is 41.0 Å². The molecule has 8 rings (SSSR count). The Balaban J connectivity index is 1.06. The molecule has 19 nitrogen and oxygen atoms in total. The fourth-order valence-electron chi connectivity index (χ4n) is 8.64. The molecule has 0 atom stereocenters. The number of halogens is 1. The lowest BCUT2D eigenvalue weighted by molar-refractivity contribution is -0.112. The summed E-state index contributed by atoms with van der Waals surface area (Å²) < 4.78 is 15.9. The monoisotopic (exact) mass is 1050 g/mol. The van der Waals surface area contributed by atoms with Gasteiger partial charge in [-0.2, -0.15) is 0 Å². The summed E-state index contributed by atoms with van der Waals surface area (Å²) in [6, 6.07) is 21.5. The molecule has 3 aromatic carbocycles. The highest BCUT2D eigenvalue weighted by molar-refractivity contribution is 6.33. The second-order valence-electron chi connectivity index (χ2n) is 18.5. The first-order valence-corrected chi connectivity index (χ1v) is 25.0. The molecule has 0 unspecified atom stereocenters. The Morgan fingerprint density at radius 2 is 1.25 bits per heavy atom. The van der Waals surface area contributed by atoms with Gasteiger partial charge < -0.3 is 54.6 Å². The van der Waals surface area contributed by atoms with Crippen LogP contribution in [0.4, 0.5) is 46.0 Å². The van der Waals surface area contributed by atoms with Crippen molar-refractivity contribution < 1.29 is 19.1 Å². The molecule has 0 aliphatic heterocycles. The third-order valence-electron chi connectivity index (χ3n) is 13.1. The van der Waals surface area contributed by atoms with Gasteiger partial charge >= 0.3 is 0 Å². The Labute approximate surface area is 447 Å². The number of aryl methyl sites for hydroxylation is 2. The molecule has 0 spiro atoms. The molecule has 2 amide bonds. The van der Waals surface area contributed by atoms with Crippen LogP contribution in [0.1, 0.15) is 12.6 Å². The van der Waals surface area contributed by atoms with E-state index in [0.29, 0.717) is 88.5 Å². The minimum absolute atomic E-state index is 0.283. The van der Waals surface area contributed by atoms with E-state index < -0.39 is 0 Å². The molecular formula is C56H64ClN15O4. The summed E-state index contributed by atoms with van der Waals surface area (Å²) in [6.45, 7) is 13.4. The molecule has 0 saturated heterocycles. The number of ether oxygens (including phenoxy) is 2. The quantitative estimate of drug-likeness (QED) is 0.0444. The van der Waals surface area contributed by atoms with Crippen LogP contribution in [0, 0.1) is 0 Å². The molecule has 0 fully saturated rings. The number of rotatable bonds is 23. The first kappa shape index (κ1) is 53.8. The standard InChI is InChI=1S/C56H64ClN15O4/c1-12-51(73)61-42-28-44(64-55-59-33-40(57)53(66-55)36-15-16-46-35(25-36)17-19-69(46)6)49(75-10)30-48(42)71(8)24-22-68(5)34-39-27-41(38-26-37-18-20-72(9)54(37)58-32-38)63-56(60-39)65-45-29-43(62-52(74)13-2)47(31-50(45)76-11)70(7)23-21-67(4)14-3/h12-13,15-20,25-33H,1-2,14,21-24,34H2,3-11H3,(H,61,73)(H,62,74)(H,59,64,66)(H,60,63,65). The molecule has 0 aliphatic rings. The minimum Gasteiger partial charge on any atom is -0.494 e. The zero-order valence-electron chi connectivity index (χ0n) is 44.4. The van der Waals surface area contributed by atoms with Gasteiger partial charge in [-0.15, -0.1) is 0 Å². The van der Waals surface area contributed by atoms with Crippen molar-refractivity contribution in [2.24, 2.45) is 14.1 Å². The zero-order valence-corrected chi connectivity index (χ0v) is 45.2. The van der Waals surface area contributed by atoms with Crippen LogP contribution in [0.5, 0.6) is 11.5 Å². The van der Waals surface area contributed by atoms with E-state index in [2.05, 4.69) is 78.7 Å². The van der Waals surface area contributed by atoms with Gasteiger partial charge in [-0.25, -0.2) is 24.9 Å². The second-order valence-corrected chi connectivity index (χ2v) is 18.9. The van der Waals surface area contributed by atoms with Crippen LogP contribution in [0.25, 0.3) is 44.5 Å². The molecule has 20 heteroatoms. The van der Waals surface area contributed by atoms with Crippen molar-refractivity contribution in [3.8, 4) is 34.0 Å². The highest BCUT2D eigenvalue weighted by Gasteiger charge is 2.21. The van der Waals surface area contributed by atoms with Crippen LogP contribution in [0.2, 0.25) is 5.02 Å². The predicted molar refractivity (Wildman–Crippen MR) is 307 cm³/mol. The summed E-state index contributed by atoms with van der Waals surface area (Å²) in [7, 11) is 15.1. The molecule has 5 aromatic heterocycles. The van der Waals surface area contributed by atoms with E-state index in [1.165, 1.54) is 12.2 Å². The fourth-order valence-corrected chi connectivity index (χ4v) is 8.84. The molecule has 0 radical (unpaired) electrons. The summed E-state index contributed by atoms with van der Waals surface area (Å²) >= 11 is 6.67. The van der Waals surface area contributed by atoms with Crippen LogP contribution in [-0.4, -0.2) is 131 Å². The Kier molecular flexibility index (Phi) is 16.8. The van der Waals surface area contributed by atoms with Gasteiger partial charge in [0.05, 0.1) is 76.6 Å². The third kappa shape index (κ3) is 12.3. The number of methoxy groups -OCH3 is 2. The number of pyridine rings is 1. The number of hydrogen-bond acceptors (Lipinski definition) is 15. The number of fused-ring (bicyclic) bond motifs is 2. The van der Waals surface area contributed by atoms with E-state index in [1.807, 2.05) is 118 Å². The normalized spacial score (nSPS) is 11.3. The van der Waals surface area contributed by atoms with Gasteiger partial charge in [0.15, 0.2) is 0 Å². The van der Waals surface area contributed by atoms with Crippen molar-refractivity contribution in [1.82, 2.24) is 43.9 Å².